The summed E-state index contributed by atoms with van der Waals surface area (Å²) in [6.07, 6.45) is 5.00. The first kappa shape index (κ1) is 21.0. The number of carbonyl (C=O) groups excluding carboxylic acids is 2. The summed E-state index contributed by atoms with van der Waals surface area (Å²) in [7, 11) is -1.97. The van der Waals surface area contributed by atoms with E-state index in [4.69, 9.17) is 5.73 Å². The van der Waals surface area contributed by atoms with Crippen LogP contribution in [-0.4, -0.2) is 37.6 Å². The highest BCUT2D eigenvalue weighted by molar-refractivity contribution is 7.89. The number of benzene rings is 2. The predicted molar refractivity (Wildman–Crippen MR) is 111 cm³/mol. The third-order valence-corrected chi connectivity index (χ3v) is 7.23. The van der Waals surface area contributed by atoms with Crippen LogP contribution in [0.15, 0.2) is 53.4 Å². The molecule has 0 aliphatic heterocycles. The zero-order chi connectivity index (χ0) is 21.0. The first-order valence-corrected chi connectivity index (χ1v) is 11.0. The SMILES string of the molecule is CN(C1CCCCC1)S(=O)(=O)c1ccc(C(=O)Nc2ccc(C(N)=O)cc2)cc1. The van der Waals surface area contributed by atoms with Gasteiger partial charge in [-0.3, -0.25) is 9.59 Å². The molecular weight excluding hydrogens is 390 g/mol. The lowest BCUT2D eigenvalue weighted by Gasteiger charge is -2.30. The van der Waals surface area contributed by atoms with Crippen LogP contribution < -0.4 is 11.1 Å². The number of anilines is 1. The molecule has 0 bridgehead atoms. The number of nitrogens with one attached hydrogen (secondary N) is 1. The molecule has 1 aliphatic rings. The monoisotopic (exact) mass is 415 g/mol. The highest BCUT2D eigenvalue weighted by Crippen LogP contribution is 2.26. The van der Waals surface area contributed by atoms with Crippen LogP contribution in [0.25, 0.3) is 0 Å². The maximum Gasteiger partial charge on any atom is 0.255 e. The zero-order valence-corrected chi connectivity index (χ0v) is 17.1. The molecule has 0 radical (unpaired) electrons. The van der Waals surface area contributed by atoms with E-state index >= 15 is 0 Å². The van der Waals surface area contributed by atoms with Gasteiger partial charge in [-0.25, -0.2) is 8.42 Å². The van der Waals surface area contributed by atoms with Gasteiger partial charge >= 0.3 is 0 Å². The third kappa shape index (κ3) is 4.83. The van der Waals surface area contributed by atoms with Crippen molar-refractivity contribution in [1.29, 1.82) is 0 Å². The van der Waals surface area contributed by atoms with Crippen molar-refractivity contribution < 1.29 is 18.0 Å². The second kappa shape index (κ2) is 8.75. The first-order chi connectivity index (χ1) is 13.8. The molecule has 0 aromatic heterocycles. The van der Waals surface area contributed by atoms with Crippen LogP contribution in [0.1, 0.15) is 52.8 Å². The number of primary amides is 1. The molecule has 0 atom stereocenters. The number of amides is 2. The van der Waals surface area contributed by atoms with Gasteiger partial charge in [0, 0.05) is 29.9 Å². The molecule has 1 aliphatic carbocycles. The predicted octanol–water partition coefficient (Wildman–Crippen LogP) is 2.99. The Morgan fingerprint density at radius 1 is 0.931 bits per heavy atom. The number of hydrogen-bond acceptors (Lipinski definition) is 4. The summed E-state index contributed by atoms with van der Waals surface area (Å²) in [5.41, 5.74) is 6.39. The van der Waals surface area contributed by atoms with Crippen molar-refractivity contribution >= 4 is 27.5 Å². The minimum atomic E-state index is -3.60. The van der Waals surface area contributed by atoms with Crippen molar-refractivity contribution in [3.63, 3.8) is 0 Å². The molecule has 3 N–H and O–H groups in total. The molecule has 1 saturated carbocycles. The molecule has 7 nitrogen and oxygen atoms in total. The maximum absolute atomic E-state index is 12.9. The standard InChI is InChI=1S/C21H25N3O4S/c1-24(18-5-3-2-4-6-18)29(27,28)19-13-9-16(10-14-19)21(26)23-17-11-7-15(8-12-17)20(22)25/h7-14,18H,2-6H2,1H3,(H2,22,25)(H,23,26). The van der Waals surface area contributed by atoms with Gasteiger partial charge in [-0.2, -0.15) is 4.31 Å². The summed E-state index contributed by atoms with van der Waals surface area (Å²) in [6, 6.07) is 12.1. The van der Waals surface area contributed by atoms with Crippen LogP contribution in [0.2, 0.25) is 0 Å². The fourth-order valence-electron chi connectivity index (χ4n) is 3.51. The molecule has 2 aromatic carbocycles. The van der Waals surface area contributed by atoms with Gasteiger partial charge in [0.15, 0.2) is 0 Å². The van der Waals surface area contributed by atoms with Crippen molar-refractivity contribution in [2.24, 2.45) is 5.73 Å². The Balaban J connectivity index is 1.70. The lowest BCUT2D eigenvalue weighted by atomic mass is 9.96. The van der Waals surface area contributed by atoms with E-state index in [1.807, 2.05) is 0 Å². The van der Waals surface area contributed by atoms with Gasteiger partial charge in [0.05, 0.1) is 4.90 Å². The molecular formula is C21H25N3O4S. The molecule has 3 rings (SSSR count). The molecule has 8 heteroatoms. The average Bonchev–Trinajstić information content (AvgIpc) is 2.74. The van der Waals surface area contributed by atoms with Gasteiger partial charge in [-0.15, -0.1) is 0 Å². The van der Waals surface area contributed by atoms with Crippen molar-refractivity contribution in [2.45, 2.75) is 43.0 Å². The molecule has 0 unspecified atom stereocenters. The molecule has 0 heterocycles. The highest BCUT2D eigenvalue weighted by Gasteiger charge is 2.29. The van der Waals surface area contributed by atoms with E-state index in [9.17, 15) is 18.0 Å². The number of nitrogens with two attached hydrogens (primary N) is 1. The van der Waals surface area contributed by atoms with E-state index < -0.39 is 15.9 Å². The van der Waals surface area contributed by atoms with Crippen LogP contribution in [-0.2, 0) is 10.0 Å². The second-order valence-electron chi connectivity index (χ2n) is 7.23. The molecule has 2 aromatic rings. The number of hydrogen-bond donors (Lipinski definition) is 2. The Morgan fingerprint density at radius 3 is 2.03 bits per heavy atom. The first-order valence-electron chi connectivity index (χ1n) is 9.58. The second-order valence-corrected chi connectivity index (χ2v) is 9.23. The summed E-state index contributed by atoms with van der Waals surface area (Å²) in [5, 5.41) is 2.71. The van der Waals surface area contributed by atoms with Gasteiger partial charge in [0.2, 0.25) is 15.9 Å². The van der Waals surface area contributed by atoms with Crippen LogP contribution in [0.4, 0.5) is 5.69 Å². The lowest BCUT2D eigenvalue weighted by molar-refractivity contribution is 0.0998. The summed E-state index contributed by atoms with van der Waals surface area (Å²) in [5.74, 6) is -0.917. The van der Waals surface area contributed by atoms with E-state index in [1.54, 1.807) is 19.2 Å². The summed E-state index contributed by atoms with van der Waals surface area (Å²) < 4.78 is 27.2. The molecule has 1 fully saturated rings. The average molecular weight is 416 g/mol. The Bertz CT molecular complexity index is 980. The Hall–Kier alpha value is -2.71. The zero-order valence-electron chi connectivity index (χ0n) is 16.3. The molecule has 2 amide bonds. The number of nitrogens with zero attached hydrogens (tertiary/aromatic N) is 1. The van der Waals surface area contributed by atoms with Crippen molar-refractivity contribution in [2.75, 3.05) is 12.4 Å². The van der Waals surface area contributed by atoms with Crippen LogP contribution >= 0.6 is 0 Å². The lowest BCUT2D eigenvalue weighted by Crippen LogP contribution is -2.38. The van der Waals surface area contributed by atoms with E-state index in [0.29, 0.717) is 16.8 Å². The fourth-order valence-corrected chi connectivity index (χ4v) is 4.92. The normalized spacial score (nSPS) is 15.2. The number of carbonyl (C=O) groups is 2. The quantitative estimate of drug-likeness (QED) is 0.756. The molecule has 29 heavy (non-hydrogen) atoms. The number of sulfonamides is 1. The number of rotatable bonds is 6. The van der Waals surface area contributed by atoms with E-state index in [-0.39, 0.29) is 16.8 Å². The summed E-state index contributed by atoms with van der Waals surface area (Å²) in [4.78, 5) is 23.7. The maximum atomic E-state index is 12.9. The highest BCUT2D eigenvalue weighted by atomic mass is 32.2. The molecule has 0 spiro atoms. The minimum absolute atomic E-state index is 0.0279. The van der Waals surface area contributed by atoms with Crippen LogP contribution in [0.5, 0.6) is 0 Å². The van der Waals surface area contributed by atoms with Crippen molar-refractivity contribution in [1.82, 2.24) is 4.31 Å². The van der Waals surface area contributed by atoms with Crippen LogP contribution in [0.3, 0.4) is 0 Å². The Kier molecular flexibility index (Phi) is 6.34. The van der Waals surface area contributed by atoms with Crippen LogP contribution in [0, 0.1) is 0 Å². The molecule has 0 saturated heterocycles. The smallest absolute Gasteiger partial charge is 0.255 e. The fraction of sp³-hybridized carbons (Fsp3) is 0.333. The van der Waals surface area contributed by atoms with E-state index in [2.05, 4.69) is 5.32 Å². The third-order valence-electron chi connectivity index (χ3n) is 5.31. The van der Waals surface area contributed by atoms with Crippen molar-refractivity contribution in [3.05, 3.63) is 59.7 Å². The molecule has 154 valence electrons. The van der Waals surface area contributed by atoms with Gasteiger partial charge in [0.25, 0.3) is 5.91 Å². The summed E-state index contributed by atoms with van der Waals surface area (Å²) >= 11 is 0. The summed E-state index contributed by atoms with van der Waals surface area (Å²) in [6.45, 7) is 0. The van der Waals surface area contributed by atoms with Gasteiger partial charge in [-0.1, -0.05) is 19.3 Å². The van der Waals surface area contributed by atoms with E-state index in [0.717, 1.165) is 32.1 Å². The van der Waals surface area contributed by atoms with E-state index in [1.165, 1.54) is 40.7 Å². The van der Waals surface area contributed by atoms with Gasteiger partial charge in [0.1, 0.15) is 0 Å². The van der Waals surface area contributed by atoms with Gasteiger partial charge in [-0.05, 0) is 61.4 Å². The van der Waals surface area contributed by atoms with Gasteiger partial charge < -0.3 is 11.1 Å². The minimum Gasteiger partial charge on any atom is -0.366 e. The van der Waals surface area contributed by atoms with Crippen molar-refractivity contribution in [3.8, 4) is 0 Å². The Morgan fingerprint density at radius 2 is 1.48 bits per heavy atom. The topological polar surface area (TPSA) is 110 Å². The Labute approximate surface area is 171 Å². The largest absolute Gasteiger partial charge is 0.366 e.